The van der Waals surface area contributed by atoms with Crippen molar-refractivity contribution in [3.63, 3.8) is 0 Å². The molecule has 1 amide bonds. The van der Waals surface area contributed by atoms with Gasteiger partial charge in [-0.3, -0.25) is 14.8 Å². The Bertz CT molecular complexity index is 1160. The smallest absolute Gasteiger partial charge is 0.379 e. The summed E-state index contributed by atoms with van der Waals surface area (Å²) in [6.45, 7) is 3.26. The number of nitrogens with zero attached hydrogens (tertiary/aromatic N) is 2. The number of hydrogen-bond acceptors (Lipinski definition) is 4. The second-order valence-corrected chi connectivity index (χ2v) is 7.68. The number of benzene rings is 1. The van der Waals surface area contributed by atoms with Gasteiger partial charge in [-0.1, -0.05) is 12.1 Å². The molecule has 2 aromatic heterocycles. The van der Waals surface area contributed by atoms with Crippen LogP contribution >= 0.6 is 0 Å². The van der Waals surface area contributed by atoms with Crippen molar-refractivity contribution in [2.75, 3.05) is 0 Å². The molecule has 0 saturated carbocycles. The summed E-state index contributed by atoms with van der Waals surface area (Å²) in [4.78, 5) is 20.3. The van der Waals surface area contributed by atoms with Gasteiger partial charge in [0.15, 0.2) is 6.10 Å². The first kappa shape index (κ1) is 25.2. The number of aromatic nitrogens is 2. The van der Waals surface area contributed by atoms with Crippen LogP contribution in [0.4, 0.5) is 26.3 Å². The first-order valence-corrected chi connectivity index (χ1v) is 9.92. The van der Waals surface area contributed by atoms with Gasteiger partial charge in [0.05, 0.1) is 11.7 Å². The van der Waals surface area contributed by atoms with E-state index in [0.717, 1.165) is 36.0 Å². The fourth-order valence-corrected chi connectivity index (χ4v) is 3.11. The molecule has 5 nitrogen and oxygen atoms in total. The van der Waals surface area contributed by atoms with Crippen molar-refractivity contribution in [3.05, 3.63) is 82.8 Å². The van der Waals surface area contributed by atoms with E-state index in [0.29, 0.717) is 0 Å². The fourth-order valence-electron chi connectivity index (χ4n) is 3.11. The highest BCUT2D eigenvalue weighted by atomic mass is 19.4. The van der Waals surface area contributed by atoms with E-state index in [1.165, 1.54) is 19.2 Å². The third-order valence-electron chi connectivity index (χ3n) is 4.97. The Labute approximate surface area is 190 Å². The lowest BCUT2D eigenvalue weighted by Crippen LogP contribution is -2.27. The lowest BCUT2D eigenvalue weighted by molar-refractivity contribution is -0.206. The summed E-state index contributed by atoms with van der Waals surface area (Å²) in [5.74, 6) is -0.794. The summed E-state index contributed by atoms with van der Waals surface area (Å²) >= 11 is 0. The molecule has 2 atom stereocenters. The van der Waals surface area contributed by atoms with Gasteiger partial charge >= 0.3 is 12.4 Å². The van der Waals surface area contributed by atoms with E-state index in [1.807, 2.05) is 0 Å². The maximum absolute atomic E-state index is 13.1. The van der Waals surface area contributed by atoms with E-state index < -0.39 is 41.7 Å². The Hall–Kier alpha value is -3.47. The van der Waals surface area contributed by atoms with Crippen LogP contribution in [0, 0.1) is 6.92 Å². The molecule has 0 aliphatic rings. The summed E-state index contributed by atoms with van der Waals surface area (Å²) in [6, 6.07) is 7.67. The standard InChI is InChI=1S/C23H19F6N3O2/c1-12-3-5-18(30-10-12)15-7-16(20(33)23(27,28)29)9-17(8-15)21(34)32-13(2)14-4-6-19(31-11-14)22(24,25)26/h3-11,13,20,33H,1-2H3,(H,32,34). The zero-order valence-corrected chi connectivity index (χ0v) is 17.9. The maximum atomic E-state index is 13.1. The number of aryl methyl sites for hydroxylation is 1. The summed E-state index contributed by atoms with van der Waals surface area (Å²) in [6.07, 6.45) is -9.96. The second kappa shape index (κ2) is 9.41. The number of nitrogens with one attached hydrogen (secondary N) is 1. The van der Waals surface area contributed by atoms with Crippen LogP contribution in [0.25, 0.3) is 11.3 Å². The zero-order valence-electron chi connectivity index (χ0n) is 17.9. The minimum atomic E-state index is -4.97. The van der Waals surface area contributed by atoms with Gasteiger partial charge in [0.1, 0.15) is 5.69 Å². The van der Waals surface area contributed by atoms with Gasteiger partial charge in [0, 0.05) is 23.5 Å². The number of carbonyl (C=O) groups excluding carboxylic acids is 1. The summed E-state index contributed by atoms with van der Waals surface area (Å²) < 4.78 is 77.6. The van der Waals surface area contributed by atoms with E-state index in [4.69, 9.17) is 0 Å². The van der Waals surface area contributed by atoms with Gasteiger partial charge in [0.2, 0.25) is 0 Å². The number of hydrogen-bond donors (Lipinski definition) is 2. The van der Waals surface area contributed by atoms with Crippen LogP contribution in [-0.2, 0) is 6.18 Å². The summed E-state index contributed by atoms with van der Waals surface area (Å²) in [5, 5.41) is 12.3. The van der Waals surface area contributed by atoms with Crippen LogP contribution in [0.2, 0.25) is 0 Å². The van der Waals surface area contributed by atoms with Gasteiger partial charge in [-0.2, -0.15) is 26.3 Å². The van der Waals surface area contributed by atoms with E-state index >= 15 is 0 Å². The minimum Gasteiger partial charge on any atom is -0.379 e. The lowest BCUT2D eigenvalue weighted by atomic mass is 9.98. The third-order valence-corrected chi connectivity index (χ3v) is 4.97. The first-order valence-electron chi connectivity index (χ1n) is 9.92. The van der Waals surface area contributed by atoms with Gasteiger partial charge in [-0.25, -0.2) is 0 Å². The van der Waals surface area contributed by atoms with Crippen molar-refractivity contribution in [1.82, 2.24) is 15.3 Å². The number of aliphatic hydroxyl groups is 1. The molecule has 0 bridgehead atoms. The SMILES string of the molecule is Cc1ccc(-c2cc(C(=O)NC(C)c3ccc(C(F)(F)F)nc3)cc(C(O)C(F)(F)F)c2)nc1. The molecule has 34 heavy (non-hydrogen) atoms. The Kier molecular flexibility index (Phi) is 6.97. The predicted molar refractivity (Wildman–Crippen MR) is 111 cm³/mol. The molecule has 0 spiro atoms. The van der Waals surface area contributed by atoms with Crippen LogP contribution in [0.1, 0.15) is 51.8 Å². The molecular formula is C23H19F6N3O2. The van der Waals surface area contributed by atoms with Crippen molar-refractivity contribution in [1.29, 1.82) is 0 Å². The third kappa shape index (κ3) is 5.90. The number of rotatable bonds is 5. The van der Waals surface area contributed by atoms with Crippen LogP contribution in [0.3, 0.4) is 0 Å². The molecule has 3 rings (SSSR count). The number of aliphatic hydroxyl groups excluding tert-OH is 1. The Morgan fingerprint density at radius 2 is 1.65 bits per heavy atom. The van der Waals surface area contributed by atoms with Crippen LogP contribution in [0.5, 0.6) is 0 Å². The van der Waals surface area contributed by atoms with Gasteiger partial charge in [-0.15, -0.1) is 0 Å². The monoisotopic (exact) mass is 483 g/mol. The number of alkyl halides is 6. The minimum absolute atomic E-state index is 0.176. The number of carbonyl (C=O) groups is 1. The molecule has 2 N–H and O–H groups in total. The quantitative estimate of drug-likeness (QED) is 0.466. The van der Waals surface area contributed by atoms with Gasteiger partial charge in [-0.05, 0) is 60.9 Å². The summed E-state index contributed by atoms with van der Waals surface area (Å²) in [7, 11) is 0. The predicted octanol–water partition coefficient (Wildman–Crippen LogP) is 5.56. The molecule has 2 unspecified atom stereocenters. The van der Waals surface area contributed by atoms with E-state index in [9.17, 15) is 36.2 Å². The van der Waals surface area contributed by atoms with E-state index in [1.54, 1.807) is 19.1 Å². The first-order chi connectivity index (χ1) is 15.8. The largest absolute Gasteiger partial charge is 0.433 e. The fraction of sp³-hybridized carbons (Fsp3) is 0.261. The highest BCUT2D eigenvalue weighted by Crippen LogP contribution is 2.35. The van der Waals surface area contributed by atoms with Crippen molar-refractivity contribution in [2.24, 2.45) is 0 Å². The number of pyridine rings is 2. The van der Waals surface area contributed by atoms with E-state index in [2.05, 4.69) is 15.3 Å². The lowest BCUT2D eigenvalue weighted by Gasteiger charge is -2.19. The Morgan fingerprint density at radius 3 is 2.18 bits per heavy atom. The zero-order chi connectivity index (χ0) is 25.3. The van der Waals surface area contributed by atoms with Gasteiger partial charge < -0.3 is 10.4 Å². The molecule has 2 heterocycles. The number of halogens is 6. The second-order valence-electron chi connectivity index (χ2n) is 7.68. The maximum Gasteiger partial charge on any atom is 0.433 e. The summed E-state index contributed by atoms with van der Waals surface area (Å²) in [5.41, 5.74) is -0.309. The van der Waals surface area contributed by atoms with Gasteiger partial charge in [0.25, 0.3) is 5.91 Å². The molecule has 180 valence electrons. The van der Waals surface area contributed by atoms with Crippen molar-refractivity contribution in [3.8, 4) is 11.3 Å². The highest BCUT2D eigenvalue weighted by molar-refractivity contribution is 5.96. The normalized spacial score (nSPS) is 13.9. The molecule has 0 saturated heterocycles. The van der Waals surface area contributed by atoms with Crippen LogP contribution < -0.4 is 5.32 Å². The molecule has 0 fully saturated rings. The topological polar surface area (TPSA) is 75.1 Å². The van der Waals surface area contributed by atoms with Crippen LogP contribution in [-0.4, -0.2) is 27.2 Å². The molecular weight excluding hydrogens is 464 g/mol. The molecule has 0 aliphatic heterocycles. The Balaban J connectivity index is 1.93. The molecule has 0 aliphatic carbocycles. The Morgan fingerprint density at radius 1 is 0.941 bits per heavy atom. The van der Waals surface area contributed by atoms with E-state index in [-0.39, 0.29) is 22.4 Å². The average molecular weight is 483 g/mol. The van der Waals surface area contributed by atoms with Crippen molar-refractivity contribution < 1.29 is 36.2 Å². The number of amides is 1. The highest BCUT2D eigenvalue weighted by Gasteiger charge is 2.40. The average Bonchev–Trinajstić information content (AvgIpc) is 2.77. The van der Waals surface area contributed by atoms with Crippen molar-refractivity contribution >= 4 is 5.91 Å². The molecule has 1 aromatic carbocycles. The van der Waals surface area contributed by atoms with Crippen molar-refractivity contribution in [2.45, 2.75) is 38.3 Å². The molecule has 3 aromatic rings. The molecule has 11 heteroatoms. The molecule has 0 radical (unpaired) electrons. The van der Waals surface area contributed by atoms with Crippen LogP contribution in [0.15, 0.2) is 54.9 Å².